The number of terminal acetylenes is 1. The maximum atomic E-state index is 12.5. The summed E-state index contributed by atoms with van der Waals surface area (Å²) in [6.45, 7) is 4.67. The maximum absolute atomic E-state index is 12.5. The lowest BCUT2D eigenvalue weighted by Crippen LogP contribution is -2.17. The van der Waals surface area contributed by atoms with E-state index >= 15 is 0 Å². The van der Waals surface area contributed by atoms with Crippen LogP contribution >= 0.6 is 0 Å². The molecule has 170 valence electrons. The van der Waals surface area contributed by atoms with Crippen molar-refractivity contribution in [1.29, 1.82) is 0 Å². The van der Waals surface area contributed by atoms with Gasteiger partial charge in [-0.2, -0.15) is 5.10 Å². The number of carbonyl (C=O) groups excluding carboxylic acids is 1. The van der Waals surface area contributed by atoms with Gasteiger partial charge in [-0.15, -0.1) is 6.42 Å². The third-order valence-corrected chi connectivity index (χ3v) is 4.98. The summed E-state index contributed by atoms with van der Waals surface area (Å²) in [5, 5.41) is 7.23. The first kappa shape index (κ1) is 23.8. The fourth-order valence-corrected chi connectivity index (χ4v) is 3.22. The summed E-state index contributed by atoms with van der Waals surface area (Å²) in [5.74, 6) is 2.98. The van der Waals surface area contributed by atoms with Crippen LogP contribution in [-0.4, -0.2) is 36.2 Å². The normalized spacial score (nSPS) is 10.6. The van der Waals surface area contributed by atoms with E-state index in [-0.39, 0.29) is 12.0 Å². The second-order valence-electron chi connectivity index (χ2n) is 7.81. The minimum Gasteiger partial charge on any atom is -0.447 e. The summed E-state index contributed by atoms with van der Waals surface area (Å²) in [6.07, 6.45) is 7.00. The number of methoxy groups -OCH3 is 1. The molecule has 0 aliphatic heterocycles. The Labute approximate surface area is 193 Å². The van der Waals surface area contributed by atoms with Crippen LogP contribution < -0.4 is 10.7 Å². The number of hydrogen-bond donors (Lipinski definition) is 1. The molecule has 3 rings (SSSR count). The highest BCUT2D eigenvalue weighted by atomic mass is 16.6. The molecule has 0 aliphatic rings. The highest BCUT2D eigenvalue weighted by molar-refractivity contribution is 5.84. The van der Waals surface area contributed by atoms with E-state index in [0.29, 0.717) is 30.3 Å². The van der Waals surface area contributed by atoms with Crippen LogP contribution in [0.1, 0.15) is 42.1 Å². The van der Waals surface area contributed by atoms with Crippen LogP contribution in [0.4, 0.5) is 10.5 Å². The van der Waals surface area contributed by atoms with Gasteiger partial charge in [0.1, 0.15) is 12.3 Å². The van der Waals surface area contributed by atoms with Gasteiger partial charge in [-0.1, -0.05) is 31.9 Å². The number of hydrogen-bond acceptors (Lipinski definition) is 5. The SMILES string of the molecule is C#Cc1cc(C(C)C)cc(-n2ccc(=O)c(Cc3cccc(NC(=O)OCCOC)c3)n2)c1. The molecule has 7 nitrogen and oxygen atoms in total. The highest BCUT2D eigenvalue weighted by Crippen LogP contribution is 2.20. The number of nitrogens with zero attached hydrogens (tertiary/aromatic N) is 2. The molecule has 2 aromatic carbocycles. The summed E-state index contributed by atoms with van der Waals surface area (Å²) in [7, 11) is 1.53. The van der Waals surface area contributed by atoms with E-state index in [1.807, 2.05) is 24.3 Å². The summed E-state index contributed by atoms with van der Waals surface area (Å²) in [6, 6.07) is 14.6. The van der Waals surface area contributed by atoms with Crippen molar-refractivity contribution in [2.24, 2.45) is 0 Å². The molecule has 1 aromatic heterocycles. The summed E-state index contributed by atoms with van der Waals surface area (Å²) in [4.78, 5) is 24.4. The van der Waals surface area contributed by atoms with Gasteiger partial charge < -0.3 is 9.47 Å². The molecule has 0 radical (unpaired) electrons. The van der Waals surface area contributed by atoms with E-state index in [1.54, 1.807) is 29.1 Å². The second-order valence-corrected chi connectivity index (χ2v) is 7.81. The third kappa shape index (κ3) is 6.55. The Morgan fingerprint density at radius 3 is 2.73 bits per heavy atom. The third-order valence-electron chi connectivity index (χ3n) is 4.98. The Kier molecular flexibility index (Phi) is 8.01. The Balaban J connectivity index is 1.83. The standard InChI is InChI=1S/C26H27N3O4/c1-5-19-13-21(18(2)3)17-23(15-19)29-10-9-25(30)24(28-29)16-20-7-6-8-22(14-20)27-26(31)33-12-11-32-4/h1,6-10,13-15,17-18H,11-12,16H2,2-4H3,(H,27,31). The summed E-state index contributed by atoms with van der Waals surface area (Å²) < 4.78 is 11.5. The van der Waals surface area contributed by atoms with Crippen LogP contribution in [0, 0.1) is 12.3 Å². The molecule has 7 heteroatoms. The first-order valence-electron chi connectivity index (χ1n) is 10.6. The van der Waals surface area contributed by atoms with Crippen LogP contribution in [0.3, 0.4) is 0 Å². The quantitative estimate of drug-likeness (QED) is 0.417. The topological polar surface area (TPSA) is 82.5 Å². The van der Waals surface area contributed by atoms with Crippen molar-refractivity contribution < 1.29 is 14.3 Å². The monoisotopic (exact) mass is 445 g/mol. The predicted octanol–water partition coefficient (Wildman–Crippen LogP) is 4.12. The molecule has 0 unspecified atom stereocenters. The van der Waals surface area contributed by atoms with Crippen LogP contribution in [0.2, 0.25) is 0 Å². The molecule has 0 spiro atoms. The molecule has 0 aliphatic carbocycles. The van der Waals surface area contributed by atoms with Crippen molar-refractivity contribution in [1.82, 2.24) is 9.78 Å². The zero-order valence-corrected chi connectivity index (χ0v) is 19.0. The molecular weight excluding hydrogens is 418 g/mol. The number of carbonyl (C=O) groups is 1. The number of amides is 1. The molecule has 33 heavy (non-hydrogen) atoms. The largest absolute Gasteiger partial charge is 0.447 e. The van der Waals surface area contributed by atoms with E-state index in [4.69, 9.17) is 15.9 Å². The fourth-order valence-electron chi connectivity index (χ4n) is 3.22. The maximum Gasteiger partial charge on any atom is 0.411 e. The fraction of sp³-hybridized carbons (Fsp3) is 0.269. The average Bonchev–Trinajstić information content (AvgIpc) is 2.80. The molecule has 0 atom stereocenters. The zero-order valence-electron chi connectivity index (χ0n) is 19.0. The number of nitrogens with one attached hydrogen (secondary N) is 1. The minimum absolute atomic E-state index is 0.162. The predicted molar refractivity (Wildman–Crippen MR) is 128 cm³/mol. The molecule has 1 heterocycles. The molecule has 1 N–H and O–H groups in total. The first-order chi connectivity index (χ1) is 15.9. The first-order valence-corrected chi connectivity index (χ1v) is 10.6. The summed E-state index contributed by atoms with van der Waals surface area (Å²) >= 11 is 0. The van der Waals surface area contributed by atoms with Gasteiger partial charge in [0.15, 0.2) is 0 Å². The number of ether oxygens (including phenoxy) is 2. The van der Waals surface area contributed by atoms with E-state index in [2.05, 4.69) is 30.2 Å². The zero-order chi connectivity index (χ0) is 23.8. The van der Waals surface area contributed by atoms with E-state index in [0.717, 1.165) is 22.4 Å². The number of anilines is 1. The Morgan fingerprint density at radius 2 is 2.00 bits per heavy atom. The molecule has 0 bridgehead atoms. The van der Waals surface area contributed by atoms with Crippen molar-refractivity contribution in [3.63, 3.8) is 0 Å². The molecule has 3 aromatic rings. The lowest BCUT2D eigenvalue weighted by atomic mass is 10.00. The van der Waals surface area contributed by atoms with Crippen molar-refractivity contribution in [2.75, 3.05) is 25.6 Å². The van der Waals surface area contributed by atoms with E-state index < -0.39 is 6.09 Å². The number of rotatable bonds is 8. The van der Waals surface area contributed by atoms with Crippen LogP contribution in [0.5, 0.6) is 0 Å². The number of benzene rings is 2. The number of aromatic nitrogens is 2. The van der Waals surface area contributed by atoms with Gasteiger partial charge in [0, 0.05) is 37.0 Å². The minimum atomic E-state index is -0.571. The van der Waals surface area contributed by atoms with Crippen molar-refractivity contribution >= 4 is 11.8 Å². The van der Waals surface area contributed by atoms with Crippen LogP contribution in [-0.2, 0) is 15.9 Å². The molecule has 1 amide bonds. The lowest BCUT2D eigenvalue weighted by molar-refractivity contribution is 0.107. The van der Waals surface area contributed by atoms with Gasteiger partial charge in [-0.3, -0.25) is 10.1 Å². The van der Waals surface area contributed by atoms with Gasteiger partial charge in [0.05, 0.1) is 12.3 Å². The molecule has 0 fully saturated rings. The molecule has 0 saturated carbocycles. The molecular formula is C26H27N3O4. The van der Waals surface area contributed by atoms with Gasteiger partial charge in [-0.05, 0) is 47.4 Å². The van der Waals surface area contributed by atoms with Crippen LogP contribution in [0.25, 0.3) is 5.69 Å². The summed E-state index contributed by atoms with van der Waals surface area (Å²) in [5.41, 5.74) is 4.26. The average molecular weight is 446 g/mol. The lowest BCUT2D eigenvalue weighted by Gasteiger charge is -2.13. The molecule has 0 saturated heterocycles. The Hall–Kier alpha value is -3.89. The Morgan fingerprint density at radius 1 is 1.18 bits per heavy atom. The van der Waals surface area contributed by atoms with Crippen molar-refractivity contribution in [2.45, 2.75) is 26.2 Å². The second kappa shape index (κ2) is 11.1. The van der Waals surface area contributed by atoms with E-state index in [9.17, 15) is 9.59 Å². The Bertz CT molecular complexity index is 1220. The highest BCUT2D eigenvalue weighted by Gasteiger charge is 2.10. The van der Waals surface area contributed by atoms with Crippen molar-refractivity contribution in [3.05, 3.63) is 87.3 Å². The van der Waals surface area contributed by atoms with E-state index in [1.165, 1.54) is 13.2 Å². The van der Waals surface area contributed by atoms with Gasteiger partial charge in [0.25, 0.3) is 0 Å². The van der Waals surface area contributed by atoms with Crippen molar-refractivity contribution in [3.8, 4) is 18.0 Å². The van der Waals surface area contributed by atoms with Crippen LogP contribution in [0.15, 0.2) is 59.5 Å². The van der Waals surface area contributed by atoms with Gasteiger partial charge in [0.2, 0.25) is 5.43 Å². The smallest absolute Gasteiger partial charge is 0.411 e. The van der Waals surface area contributed by atoms with Gasteiger partial charge >= 0.3 is 6.09 Å². The van der Waals surface area contributed by atoms with Gasteiger partial charge in [-0.25, -0.2) is 9.48 Å².